The maximum atomic E-state index is 4.65. The van der Waals surface area contributed by atoms with E-state index < -0.39 is 0 Å². The summed E-state index contributed by atoms with van der Waals surface area (Å²) in [5.41, 5.74) is 3.78. The molecule has 2 heterocycles. The maximum absolute atomic E-state index is 4.65. The Morgan fingerprint density at radius 1 is 1.42 bits per heavy atom. The predicted molar refractivity (Wildman–Crippen MR) is 41.9 cm³/mol. The van der Waals surface area contributed by atoms with Crippen molar-refractivity contribution in [1.82, 2.24) is 15.8 Å². The highest BCUT2D eigenvalue weighted by Gasteiger charge is 2.03. The van der Waals surface area contributed by atoms with Crippen molar-refractivity contribution in [1.29, 1.82) is 0 Å². The number of aromatic nitrogens is 2. The third kappa shape index (κ3) is 1.24. The van der Waals surface area contributed by atoms with Gasteiger partial charge in [-0.15, -0.1) is 15.8 Å². The second kappa shape index (κ2) is 3.00. The van der Waals surface area contributed by atoms with Crippen molar-refractivity contribution in [2.24, 2.45) is 5.10 Å². The third-order valence-corrected chi connectivity index (χ3v) is 1.35. The van der Waals surface area contributed by atoms with Gasteiger partial charge >= 0.3 is 0 Å². The first-order chi connectivity index (χ1) is 5.97. The van der Waals surface area contributed by atoms with E-state index in [0.717, 1.165) is 0 Å². The van der Waals surface area contributed by atoms with Crippen LogP contribution in [0.15, 0.2) is 35.8 Å². The minimum absolute atomic E-state index is 0.703. The first kappa shape index (κ1) is 6.78. The quantitative estimate of drug-likeness (QED) is 0.642. The number of nitrogens with one attached hydrogen (secondary N) is 1. The first-order valence-corrected chi connectivity index (χ1v) is 3.40. The van der Waals surface area contributed by atoms with Crippen molar-refractivity contribution in [3.8, 4) is 0 Å². The van der Waals surface area contributed by atoms with Gasteiger partial charge in [-0.2, -0.15) is 5.10 Å². The van der Waals surface area contributed by atoms with E-state index in [-0.39, 0.29) is 0 Å². The third-order valence-electron chi connectivity index (χ3n) is 1.35. The smallest absolute Gasteiger partial charge is 0.123 e. The molecule has 0 fully saturated rings. The van der Waals surface area contributed by atoms with Gasteiger partial charge in [-0.3, -0.25) is 0 Å². The second-order valence-corrected chi connectivity index (χ2v) is 2.12. The van der Waals surface area contributed by atoms with Crippen molar-refractivity contribution in [2.45, 2.75) is 0 Å². The fourth-order valence-corrected chi connectivity index (χ4v) is 0.822. The van der Waals surface area contributed by atoms with E-state index in [4.69, 9.17) is 0 Å². The molecule has 2 rings (SSSR count). The van der Waals surface area contributed by atoms with Crippen molar-refractivity contribution < 1.29 is 4.84 Å². The van der Waals surface area contributed by atoms with Crippen LogP contribution >= 0.6 is 0 Å². The molecule has 12 heavy (non-hydrogen) atoms. The summed E-state index contributed by atoms with van der Waals surface area (Å²) >= 11 is 0. The molecule has 1 aliphatic rings. The van der Waals surface area contributed by atoms with Gasteiger partial charge in [0.2, 0.25) is 0 Å². The minimum atomic E-state index is 0.703. The van der Waals surface area contributed by atoms with Crippen LogP contribution < -0.4 is 5.59 Å². The molecule has 1 aliphatic heterocycles. The van der Waals surface area contributed by atoms with Crippen LogP contribution in [-0.2, 0) is 4.84 Å². The van der Waals surface area contributed by atoms with E-state index in [1.54, 1.807) is 18.3 Å². The summed E-state index contributed by atoms with van der Waals surface area (Å²) < 4.78 is 0. The van der Waals surface area contributed by atoms with Crippen molar-refractivity contribution in [3.63, 3.8) is 0 Å². The molecule has 1 N–H and O–H groups in total. The molecule has 0 saturated carbocycles. The van der Waals surface area contributed by atoms with Gasteiger partial charge in [-0.05, 0) is 12.1 Å². The predicted octanol–water partition coefficient (Wildman–Crippen LogP) is 0.229. The Morgan fingerprint density at radius 3 is 3.08 bits per heavy atom. The molecule has 0 saturated heterocycles. The van der Waals surface area contributed by atoms with Crippen molar-refractivity contribution in [3.05, 3.63) is 36.4 Å². The van der Waals surface area contributed by atoms with Crippen LogP contribution in [0, 0.1) is 0 Å². The number of allylic oxidation sites excluding steroid dienone is 1. The molecule has 5 nitrogen and oxygen atoms in total. The Hall–Kier alpha value is -1.91. The lowest BCUT2D eigenvalue weighted by Gasteiger charge is -2.05. The molecule has 0 radical (unpaired) electrons. The van der Waals surface area contributed by atoms with Gasteiger partial charge in [0.25, 0.3) is 0 Å². The van der Waals surface area contributed by atoms with E-state index >= 15 is 0 Å². The summed E-state index contributed by atoms with van der Waals surface area (Å²) in [7, 11) is 0. The molecular formula is C7H6N4O. The molecule has 1 aromatic rings. The van der Waals surface area contributed by atoms with Gasteiger partial charge in [-0.1, -0.05) is 0 Å². The van der Waals surface area contributed by atoms with Gasteiger partial charge < -0.3 is 4.84 Å². The molecule has 60 valence electrons. The molecule has 0 aliphatic carbocycles. The lowest BCUT2D eigenvalue weighted by molar-refractivity contribution is 0.135. The van der Waals surface area contributed by atoms with Crippen molar-refractivity contribution >= 4 is 5.71 Å². The lowest BCUT2D eigenvalue weighted by atomic mass is 10.2. The fraction of sp³-hybridized carbons (Fsp3) is 0. The number of hydrogen-bond acceptors (Lipinski definition) is 5. The van der Waals surface area contributed by atoms with Crippen molar-refractivity contribution in [2.75, 3.05) is 0 Å². The van der Waals surface area contributed by atoms with Gasteiger partial charge in [0.05, 0.1) is 0 Å². The van der Waals surface area contributed by atoms with E-state index in [0.29, 0.717) is 11.4 Å². The number of hydrogen-bond donors (Lipinski definition) is 1. The SMILES string of the molecule is C1=CC(c2cccnn2)=NNO1. The average Bonchev–Trinajstić information content (AvgIpc) is 2.21. The topological polar surface area (TPSA) is 59.4 Å². The number of nitrogens with zero attached hydrogens (tertiary/aromatic N) is 3. The normalized spacial score (nSPS) is 14.5. The molecule has 0 unspecified atom stereocenters. The Balaban J connectivity index is 2.31. The second-order valence-electron chi connectivity index (χ2n) is 2.12. The molecule has 5 heteroatoms. The van der Waals surface area contributed by atoms with Gasteiger partial charge in [0, 0.05) is 12.3 Å². The minimum Gasteiger partial charge on any atom is -0.373 e. The van der Waals surface area contributed by atoms with Crippen LogP contribution in [-0.4, -0.2) is 15.9 Å². The summed E-state index contributed by atoms with van der Waals surface area (Å²) in [5.74, 6) is 0. The Bertz CT molecular complexity index is 319. The van der Waals surface area contributed by atoms with Crippen LogP contribution in [0.25, 0.3) is 0 Å². The summed E-state index contributed by atoms with van der Waals surface area (Å²) in [6.45, 7) is 0. The van der Waals surface area contributed by atoms with Crippen LogP contribution in [0.1, 0.15) is 5.69 Å². The highest BCUT2D eigenvalue weighted by atomic mass is 16.7. The molecule has 0 amide bonds. The largest absolute Gasteiger partial charge is 0.373 e. The molecule has 0 atom stereocenters. The zero-order valence-electron chi connectivity index (χ0n) is 6.14. The first-order valence-electron chi connectivity index (χ1n) is 3.40. The molecule has 0 bridgehead atoms. The lowest BCUT2D eigenvalue weighted by Crippen LogP contribution is -2.14. The monoisotopic (exact) mass is 162 g/mol. The summed E-state index contributed by atoms with van der Waals surface area (Å²) in [5, 5.41) is 11.5. The summed E-state index contributed by atoms with van der Waals surface area (Å²) in [6, 6.07) is 3.62. The van der Waals surface area contributed by atoms with Gasteiger partial charge in [0.15, 0.2) is 0 Å². The number of rotatable bonds is 1. The number of hydrazone groups is 1. The summed E-state index contributed by atoms with van der Waals surface area (Å²) in [6.07, 6.45) is 4.82. The molecule has 0 spiro atoms. The maximum Gasteiger partial charge on any atom is 0.123 e. The fourth-order valence-electron chi connectivity index (χ4n) is 0.822. The Morgan fingerprint density at radius 2 is 2.42 bits per heavy atom. The van der Waals surface area contributed by atoms with E-state index in [9.17, 15) is 0 Å². The van der Waals surface area contributed by atoms with Crippen LogP contribution in [0.3, 0.4) is 0 Å². The zero-order valence-corrected chi connectivity index (χ0v) is 6.14. The van der Waals surface area contributed by atoms with E-state index in [2.05, 4.69) is 25.7 Å². The highest BCUT2D eigenvalue weighted by Crippen LogP contribution is 1.98. The van der Waals surface area contributed by atoms with E-state index in [1.165, 1.54) is 6.26 Å². The standard InChI is InChI=1S/C7H6N4O/c1-2-6(9-8-4-1)7-3-5-12-11-10-7/h1-5,11H. The van der Waals surface area contributed by atoms with Gasteiger partial charge in [-0.25, -0.2) is 0 Å². The Kier molecular flexibility index (Phi) is 1.69. The molecular weight excluding hydrogens is 156 g/mol. The summed E-state index contributed by atoms with van der Waals surface area (Å²) in [4.78, 5) is 4.65. The van der Waals surface area contributed by atoms with Gasteiger partial charge in [0.1, 0.15) is 17.7 Å². The van der Waals surface area contributed by atoms with E-state index in [1.807, 2.05) is 6.07 Å². The Labute approximate surface area is 68.7 Å². The average molecular weight is 162 g/mol. The highest BCUT2D eigenvalue weighted by molar-refractivity contribution is 6.07. The van der Waals surface area contributed by atoms with Crippen LogP contribution in [0.4, 0.5) is 0 Å². The molecule has 1 aromatic heterocycles. The zero-order chi connectivity index (χ0) is 8.23. The van der Waals surface area contributed by atoms with Crippen LogP contribution in [0.5, 0.6) is 0 Å². The van der Waals surface area contributed by atoms with Crippen LogP contribution in [0.2, 0.25) is 0 Å². The molecule has 0 aromatic carbocycles.